The molecule has 4 heteroatoms. The third-order valence-electron chi connectivity index (χ3n) is 3.02. The molecule has 20 heavy (non-hydrogen) atoms. The fourth-order valence-corrected chi connectivity index (χ4v) is 1.84. The minimum Gasteiger partial charge on any atom is -0.469 e. The van der Waals surface area contributed by atoms with Crippen LogP contribution < -0.4 is 5.32 Å². The molecule has 1 N–H and O–H groups in total. The van der Waals surface area contributed by atoms with Crippen molar-refractivity contribution < 1.29 is 9.53 Å². The highest BCUT2D eigenvalue weighted by Gasteiger charge is 2.01. The summed E-state index contributed by atoms with van der Waals surface area (Å²) in [5.74, 6) is -0.177. The van der Waals surface area contributed by atoms with E-state index in [1.54, 1.807) is 6.20 Å². The van der Waals surface area contributed by atoms with Crippen LogP contribution in [0.15, 0.2) is 48.8 Å². The summed E-state index contributed by atoms with van der Waals surface area (Å²) < 4.78 is 4.63. The Balaban J connectivity index is 1.84. The van der Waals surface area contributed by atoms with Gasteiger partial charge in [-0.15, -0.1) is 0 Å². The lowest BCUT2D eigenvalue weighted by Gasteiger charge is -2.07. The molecular weight excluding hydrogens is 252 g/mol. The number of aryl methyl sites for hydroxylation is 1. The molecule has 0 fully saturated rings. The molecule has 2 rings (SSSR count). The Hall–Kier alpha value is -2.36. The summed E-state index contributed by atoms with van der Waals surface area (Å²) in [6.07, 6.45) is 4.73. The highest BCUT2D eigenvalue weighted by Crippen LogP contribution is 2.12. The number of carbonyl (C=O) groups excluding carboxylic acids is 1. The normalized spacial score (nSPS) is 10.1. The summed E-state index contributed by atoms with van der Waals surface area (Å²) in [6.45, 7) is 0.745. The van der Waals surface area contributed by atoms with Crippen molar-refractivity contribution in [3.8, 4) is 0 Å². The molecule has 0 radical (unpaired) electrons. The number of benzene rings is 1. The molecule has 0 unspecified atom stereocenters. The van der Waals surface area contributed by atoms with E-state index in [-0.39, 0.29) is 5.97 Å². The Bertz CT molecular complexity index is 538. The van der Waals surface area contributed by atoms with Gasteiger partial charge in [-0.2, -0.15) is 0 Å². The number of ether oxygens (including phenoxy) is 1. The second-order valence-corrected chi connectivity index (χ2v) is 4.49. The lowest BCUT2D eigenvalue weighted by Crippen LogP contribution is -2.02. The Morgan fingerprint density at radius 3 is 2.65 bits per heavy atom. The van der Waals surface area contributed by atoms with Gasteiger partial charge in [0.2, 0.25) is 0 Å². The Labute approximate surface area is 118 Å². The van der Waals surface area contributed by atoms with E-state index in [0.29, 0.717) is 12.8 Å². The number of nitrogens with zero attached hydrogens (tertiary/aromatic N) is 1. The molecular formula is C16H18N2O2. The zero-order chi connectivity index (χ0) is 14.2. The second kappa shape index (κ2) is 7.28. The third kappa shape index (κ3) is 4.39. The van der Waals surface area contributed by atoms with Gasteiger partial charge in [0.25, 0.3) is 0 Å². The van der Waals surface area contributed by atoms with Gasteiger partial charge in [0.15, 0.2) is 0 Å². The number of carbonyl (C=O) groups is 1. The van der Waals surface area contributed by atoms with Crippen LogP contribution in [0, 0.1) is 0 Å². The first-order chi connectivity index (χ1) is 9.78. The summed E-state index contributed by atoms with van der Waals surface area (Å²) in [7, 11) is 1.41. The highest BCUT2D eigenvalue weighted by atomic mass is 16.5. The predicted octanol–water partition coefficient (Wildman–Crippen LogP) is 2.80. The van der Waals surface area contributed by atoms with E-state index in [1.807, 2.05) is 42.6 Å². The van der Waals surface area contributed by atoms with Gasteiger partial charge >= 0.3 is 5.97 Å². The van der Waals surface area contributed by atoms with E-state index in [9.17, 15) is 4.79 Å². The van der Waals surface area contributed by atoms with Crippen molar-refractivity contribution >= 4 is 11.7 Å². The number of nitrogens with one attached hydrogen (secondary N) is 1. The maximum Gasteiger partial charge on any atom is 0.305 e. The van der Waals surface area contributed by atoms with Crippen molar-refractivity contribution in [1.29, 1.82) is 0 Å². The van der Waals surface area contributed by atoms with Crippen LogP contribution in [0.1, 0.15) is 17.5 Å². The van der Waals surface area contributed by atoms with Crippen LogP contribution in [-0.2, 0) is 22.5 Å². The quantitative estimate of drug-likeness (QED) is 0.820. The van der Waals surface area contributed by atoms with E-state index in [1.165, 1.54) is 7.11 Å². The van der Waals surface area contributed by atoms with Crippen molar-refractivity contribution in [2.75, 3.05) is 12.4 Å². The van der Waals surface area contributed by atoms with Gasteiger partial charge in [-0.25, -0.2) is 0 Å². The Morgan fingerprint density at radius 1 is 1.20 bits per heavy atom. The van der Waals surface area contributed by atoms with E-state index in [4.69, 9.17) is 0 Å². The average molecular weight is 270 g/mol. The number of methoxy groups -OCH3 is 1. The van der Waals surface area contributed by atoms with Crippen LogP contribution in [0.25, 0.3) is 0 Å². The zero-order valence-electron chi connectivity index (χ0n) is 11.5. The Kier molecular flexibility index (Phi) is 5.12. The fraction of sp³-hybridized carbons (Fsp3) is 0.250. The standard InChI is InChI=1S/C16H18N2O2/c1-20-16(19)9-6-13-4-7-15(8-5-13)18-12-14-3-2-10-17-11-14/h2-5,7-8,10-11,18H,6,9,12H2,1H3. The first-order valence-electron chi connectivity index (χ1n) is 6.56. The summed E-state index contributed by atoms with van der Waals surface area (Å²) in [4.78, 5) is 15.1. The molecule has 1 aromatic carbocycles. The fourth-order valence-electron chi connectivity index (χ4n) is 1.84. The van der Waals surface area contributed by atoms with Crippen molar-refractivity contribution in [3.63, 3.8) is 0 Å². The van der Waals surface area contributed by atoms with Gasteiger partial charge in [0, 0.05) is 31.0 Å². The van der Waals surface area contributed by atoms with Crippen LogP contribution in [0.3, 0.4) is 0 Å². The number of pyridine rings is 1. The third-order valence-corrected chi connectivity index (χ3v) is 3.02. The molecule has 0 spiro atoms. The predicted molar refractivity (Wildman–Crippen MR) is 78.3 cm³/mol. The van der Waals surface area contributed by atoms with Gasteiger partial charge in [0.1, 0.15) is 0 Å². The molecule has 0 bridgehead atoms. The van der Waals surface area contributed by atoms with Crippen LogP contribution >= 0.6 is 0 Å². The molecule has 0 atom stereocenters. The van der Waals surface area contributed by atoms with Crippen LogP contribution in [-0.4, -0.2) is 18.1 Å². The van der Waals surface area contributed by atoms with Crippen LogP contribution in [0.2, 0.25) is 0 Å². The van der Waals surface area contributed by atoms with Crippen molar-refractivity contribution in [1.82, 2.24) is 4.98 Å². The van der Waals surface area contributed by atoms with Crippen LogP contribution in [0.5, 0.6) is 0 Å². The summed E-state index contributed by atoms with van der Waals surface area (Å²) in [6, 6.07) is 12.0. The molecule has 0 saturated heterocycles. The molecule has 0 aliphatic heterocycles. The molecule has 104 valence electrons. The van der Waals surface area contributed by atoms with E-state index in [0.717, 1.165) is 23.4 Å². The second-order valence-electron chi connectivity index (χ2n) is 4.49. The molecule has 0 saturated carbocycles. The number of hydrogen-bond donors (Lipinski definition) is 1. The first kappa shape index (κ1) is 14.1. The Morgan fingerprint density at radius 2 is 2.00 bits per heavy atom. The van der Waals surface area contributed by atoms with Gasteiger partial charge in [0.05, 0.1) is 7.11 Å². The van der Waals surface area contributed by atoms with Crippen molar-refractivity contribution in [3.05, 3.63) is 59.9 Å². The number of esters is 1. The molecule has 1 aromatic heterocycles. The summed E-state index contributed by atoms with van der Waals surface area (Å²) >= 11 is 0. The van der Waals surface area contributed by atoms with Crippen LogP contribution in [0.4, 0.5) is 5.69 Å². The number of anilines is 1. The van der Waals surface area contributed by atoms with Crippen molar-refractivity contribution in [2.24, 2.45) is 0 Å². The number of rotatable bonds is 6. The number of hydrogen-bond acceptors (Lipinski definition) is 4. The maximum atomic E-state index is 11.1. The molecule has 0 aliphatic rings. The topological polar surface area (TPSA) is 51.2 Å². The van der Waals surface area contributed by atoms with Gasteiger partial charge in [-0.3, -0.25) is 9.78 Å². The van der Waals surface area contributed by atoms with E-state index in [2.05, 4.69) is 15.0 Å². The number of aromatic nitrogens is 1. The van der Waals surface area contributed by atoms with Gasteiger partial charge in [-0.1, -0.05) is 18.2 Å². The average Bonchev–Trinajstić information content (AvgIpc) is 2.52. The monoisotopic (exact) mass is 270 g/mol. The molecule has 0 aliphatic carbocycles. The van der Waals surface area contributed by atoms with Crippen molar-refractivity contribution in [2.45, 2.75) is 19.4 Å². The first-order valence-corrected chi connectivity index (χ1v) is 6.56. The lowest BCUT2D eigenvalue weighted by molar-refractivity contribution is -0.140. The summed E-state index contributed by atoms with van der Waals surface area (Å²) in [5.41, 5.74) is 3.32. The molecule has 2 aromatic rings. The van der Waals surface area contributed by atoms with E-state index < -0.39 is 0 Å². The minimum atomic E-state index is -0.177. The largest absolute Gasteiger partial charge is 0.469 e. The molecule has 1 heterocycles. The SMILES string of the molecule is COC(=O)CCc1ccc(NCc2cccnc2)cc1. The van der Waals surface area contributed by atoms with Gasteiger partial charge < -0.3 is 10.1 Å². The molecule has 0 amide bonds. The maximum absolute atomic E-state index is 11.1. The summed E-state index contributed by atoms with van der Waals surface area (Å²) in [5, 5.41) is 3.33. The molecule has 4 nitrogen and oxygen atoms in total. The van der Waals surface area contributed by atoms with E-state index >= 15 is 0 Å². The highest BCUT2D eigenvalue weighted by molar-refractivity contribution is 5.69. The lowest BCUT2D eigenvalue weighted by atomic mass is 10.1. The minimum absolute atomic E-state index is 0.177. The zero-order valence-corrected chi connectivity index (χ0v) is 11.5. The van der Waals surface area contributed by atoms with Gasteiger partial charge in [-0.05, 0) is 35.7 Å². The smallest absolute Gasteiger partial charge is 0.305 e.